The summed E-state index contributed by atoms with van der Waals surface area (Å²) < 4.78 is 0. The lowest BCUT2D eigenvalue weighted by molar-refractivity contribution is 0.425. The van der Waals surface area contributed by atoms with Crippen molar-refractivity contribution in [1.82, 2.24) is 5.32 Å². The van der Waals surface area contributed by atoms with Crippen LogP contribution in [0.5, 0.6) is 0 Å². The molecule has 62 valence electrons. The van der Waals surface area contributed by atoms with Crippen LogP contribution < -0.4 is 5.32 Å². The average molecular weight is 151 g/mol. The number of nitrogens with one attached hydrogen (secondary N) is 1. The van der Waals surface area contributed by atoms with E-state index in [1.54, 1.807) is 0 Å². The highest BCUT2D eigenvalue weighted by Gasteiger charge is 2.14. The molecule has 11 heavy (non-hydrogen) atoms. The van der Waals surface area contributed by atoms with E-state index in [4.69, 9.17) is 0 Å². The van der Waals surface area contributed by atoms with Crippen LogP contribution in [-0.4, -0.2) is 13.1 Å². The predicted molar refractivity (Wildman–Crippen MR) is 49.5 cm³/mol. The summed E-state index contributed by atoms with van der Waals surface area (Å²) >= 11 is 0. The minimum absolute atomic E-state index is 0.763. The molecule has 1 aliphatic heterocycles. The molecule has 0 aliphatic carbocycles. The lowest BCUT2D eigenvalue weighted by Crippen LogP contribution is -2.28. The Morgan fingerprint density at radius 3 is 2.55 bits per heavy atom. The first-order chi connectivity index (χ1) is 5.38. The first-order valence-electron chi connectivity index (χ1n) is 4.38. The molecular weight excluding hydrogens is 134 g/mol. The molecule has 0 radical (unpaired) electrons. The number of hydrogen-bond acceptors (Lipinski definition) is 1. The van der Waals surface area contributed by atoms with Crippen molar-refractivity contribution in [2.45, 2.75) is 19.8 Å². The summed E-state index contributed by atoms with van der Waals surface area (Å²) in [5.41, 5.74) is 1.42. The maximum Gasteiger partial charge on any atom is -0.00431 e. The Bertz CT molecular complexity index is 152. The van der Waals surface area contributed by atoms with Crippen LogP contribution in [-0.2, 0) is 0 Å². The van der Waals surface area contributed by atoms with Crippen molar-refractivity contribution in [3.8, 4) is 0 Å². The molecule has 0 aromatic heterocycles. The van der Waals surface area contributed by atoms with Crippen molar-refractivity contribution < 1.29 is 0 Å². The van der Waals surface area contributed by atoms with E-state index in [9.17, 15) is 0 Å². The second kappa shape index (κ2) is 4.35. The summed E-state index contributed by atoms with van der Waals surface area (Å²) in [6.45, 7) is 8.24. The monoisotopic (exact) mass is 151 g/mol. The van der Waals surface area contributed by atoms with E-state index in [0.717, 1.165) is 19.0 Å². The number of piperidine rings is 1. The first kappa shape index (κ1) is 8.54. The van der Waals surface area contributed by atoms with Crippen LogP contribution in [0.4, 0.5) is 0 Å². The van der Waals surface area contributed by atoms with Gasteiger partial charge in [-0.15, -0.1) is 0 Å². The molecule has 1 N–H and O–H groups in total. The standard InChI is InChI=1S/C10H17N/c1-3-9(4-2)10-5-7-11-8-6-10/h3-4,10-11H,1,5-8H2,2H3. The normalized spacial score (nSPS) is 21.7. The molecular formula is C10H17N. The molecule has 0 aromatic rings. The molecule has 1 heterocycles. The molecule has 1 aliphatic rings. The van der Waals surface area contributed by atoms with Crippen molar-refractivity contribution in [3.63, 3.8) is 0 Å². The van der Waals surface area contributed by atoms with Crippen molar-refractivity contribution in [3.05, 3.63) is 24.3 Å². The van der Waals surface area contributed by atoms with Gasteiger partial charge in [-0.3, -0.25) is 0 Å². The van der Waals surface area contributed by atoms with E-state index in [-0.39, 0.29) is 0 Å². The van der Waals surface area contributed by atoms with Gasteiger partial charge in [0.15, 0.2) is 0 Å². The molecule has 0 unspecified atom stereocenters. The lowest BCUT2D eigenvalue weighted by Gasteiger charge is -2.23. The number of hydrogen-bond donors (Lipinski definition) is 1. The summed E-state index contributed by atoms with van der Waals surface area (Å²) in [6, 6.07) is 0. The summed E-state index contributed by atoms with van der Waals surface area (Å²) in [6.07, 6.45) is 6.72. The van der Waals surface area contributed by atoms with Gasteiger partial charge in [-0.05, 0) is 44.3 Å². The molecule has 1 heteroatoms. The van der Waals surface area contributed by atoms with Gasteiger partial charge in [0.25, 0.3) is 0 Å². The van der Waals surface area contributed by atoms with Crippen molar-refractivity contribution in [2.24, 2.45) is 5.92 Å². The predicted octanol–water partition coefficient (Wildman–Crippen LogP) is 2.12. The Balaban J connectivity index is 2.49. The topological polar surface area (TPSA) is 12.0 Å². The van der Waals surface area contributed by atoms with Crippen LogP contribution in [0.15, 0.2) is 24.3 Å². The highest BCUT2D eigenvalue weighted by atomic mass is 14.9. The largest absolute Gasteiger partial charge is 0.317 e. The smallest absolute Gasteiger partial charge is 0.00431 e. The van der Waals surface area contributed by atoms with E-state index in [1.165, 1.54) is 18.4 Å². The van der Waals surface area contributed by atoms with E-state index < -0.39 is 0 Å². The first-order valence-corrected chi connectivity index (χ1v) is 4.38. The third-order valence-corrected chi connectivity index (χ3v) is 2.38. The van der Waals surface area contributed by atoms with E-state index in [1.807, 2.05) is 6.08 Å². The summed E-state index contributed by atoms with van der Waals surface area (Å²) in [5, 5.41) is 3.36. The van der Waals surface area contributed by atoms with E-state index in [2.05, 4.69) is 24.9 Å². The molecule has 0 saturated carbocycles. The third-order valence-electron chi connectivity index (χ3n) is 2.38. The molecule has 0 spiro atoms. The van der Waals surface area contributed by atoms with Gasteiger partial charge in [0.1, 0.15) is 0 Å². The molecule has 0 atom stereocenters. The molecule has 1 saturated heterocycles. The second-order valence-electron chi connectivity index (χ2n) is 3.02. The zero-order chi connectivity index (χ0) is 8.10. The molecule has 0 amide bonds. The lowest BCUT2D eigenvalue weighted by atomic mass is 9.90. The zero-order valence-corrected chi connectivity index (χ0v) is 7.27. The van der Waals surface area contributed by atoms with E-state index >= 15 is 0 Å². The van der Waals surface area contributed by atoms with Crippen molar-refractivity contribution in [2.75, 3.05) is 13.1 Å². The zero-order valence-electron chi connectivity index (χ0n) is 7.27. The Morgan fingerprint density at radius 1 is 1.45 bits per heavy atom. The van der Waals surface area contributed by atoms with Gasteiger partial charge in [0, 0.05) is 0 Å². The maximum absolute atomic E-state index is 3.82. The van der Waals surface area contributed by atoms with Crippen LogP contribution in [0.2, 0.25) is 0 Å². The van der Waals surface area contributed by atoms with Crippen LogP contribution >= 0.6 is 0 Å². The SMILES string of the molecule is C=CC(=CC)C1CCNCC1. The molecule has 1 nitrogen and oxygen atoms in total. The van der Waals surface area contributed by atoms with Gasteiger partial charge in [-0.2, -0.15) is 0 Å². The highest BCUT2D eigenvalue weighted by molar-refractivity contribution is 5.19. The van der Waals surface area contributed by atoms with Gasteiger partial charge in [0.05, 0.1) is 0 Å². The van der Waals surface area contributed by atoms with Crippen LogP contribution in [0.25, 0.3) is 0 Å². The van der Waals surface area contributed by atoms with Crippen LogP contribution in [0.3, 0.4) is 0 Å². The Hall–Kier alpha value is -0.560. The van der Waals surface area contributed by atoms with Crippen molar-refractivity contribution in [1.29, 1.82) is 0 Å². The van der Waals surface area contributed by atoms with Gasteiger partial charge >= 0.3 is 0 Å². The van der Waals surface area contributed by atoms with Gasteiger partial charge < -0.3 is 5.32 Å². The van der Waals surface area contributed by atoms with Crippen LogP contribution in [0.1, 0.15) is 19.8 Å². The fraction of sp³-hybridized carbons (Fsp3) is 0.600. The summed E-state index contributed by atoms with van der Waals surface area (Å²) in [7, 11) is 0. The minimum atomic E-state index is 0.763. The summed E-state index contributed by atoms with van der Waals surface area (Å²) in [4.78, 5) is 0. The Morgan fingerprint density at radius 2 is 2.09 bits per heavy atom. The van der Waals surface area contributed by atoms with Gasteiger partial charge in [0.2, 0.25) is 0 Å². The highest BCUT2D eigenvalue weighted by Crippen LogP contribution is 2.21. The third kappa shape index (κ3) is 2.19. The average Bonchev–Trinajstić information content (AvgIpc) is 2.09. The number of allylic oxidation sites excluding steroid dienone is 3. The Kier molecular flexibility index (Phi) is 3.37. The molecule has 0 bridgehead atoms. The number of rotatable bonds is 2. The fourth-order valence-electron chi connectivity index (χ4n) is 1.68. The second-order valence-corrected chi connectivity index (χ2v) is 3.02. The van der Waals surface area contributed by atoms with E-state index in [0.29, 0.717) is 0 Å². The van der Waals surface area contributed by atoms with Crippen LogP contribution in [0, 0.1) is 5.92 Å². The minimum Gasteiger partial charge on any atom is -0.317 e. The molecule has 1 rings (SSSR count). The molecule has 1 fully saturated rings. The van der Waals surface area contributed by atoms with Gasteiger partial charge in [-0.1, -0.05) is 18.7 Å². The summed E-state index contributed by atoms with van der Waals surface area (Å²) in [5.74, 6) is 0.763. The van der Waals surface area contributed by atoms with Gasteiger partial charge in [-0.25, -0.2) is 0 Å². The Labute approximate surface area is 69.2 Å². The quantitative estimate of drug-likeness (QED) is 0.596. The maximum atomic E-state index is 3.82. The van der Waals surface area contributed by atoms with Crippen molar-refractivity contribution >= 4 is 0 Å². The fourth-order valence-corrected chi connectivity index (χ4v) is 1.68. The molecule has 0 aromatic carbocycles.